The molecule has 9 nitrogen and oxygen atoms in total. The van der Waals surface area contributed by atoms with E-state index in [-0.39, 0.29) is 56.2 Å². The van der Waals surface area contributed by atoms with Crippen LogP contribution in [0, 0.1) is 13.8 Å². The maximum absolute atomic E-state index is 12.8. The number of fused-ring (bicyclic) bond motifs is 4. The van der Waals surface area contributed by atoms with Gasteiger partial charge in [-0.25, -0.2) is 9.59 Å². The van der Waals surface area contributed by atoms with Crippen molar-refractivity contribution in [3.63, 3.8) is 0 Å². The molecule has 0 bridgehead atoms. The van der Waals surface area contributed by atoms with E-state index in [4.69, 9.17) is 14.2 Å². The molecule has 0 aromatic heterocycles. The van der Waals surface area contributed by atoms with Crippen molar-refractivity contribution in [3.05, 3.63) is 45.0 Å². The normalized spacial score (nSPS) is 16.9. The number of hydrogen-bond acceptors (Lipinski definition) is 9. The second-order valence-corrected chi connectivity index (χ2v) is 6.41. The fourth-order valence-electron chi connectivity index (χ4n) is 3.52. The van der Waals surface area contributed by atoms with E-state index in [9.17, 15) is 29.7 Å². The fraction of sp³-hybridized carbons (Fsp3) is 0.211. The van der Waals surface area contributed by atoms with Gasteiger partial charge in [0.25, 0.3) is 0 Å². The zero-order valence-electron chi connectivity index (χ0n) is 14.7. The summed E-state index contributed by atoms with van der Waals surface area (Å²) in [5.41, 5.74) is 0.108. The van der Waals surface area contributed by atoms with E-state index < -0.39 is 30.6 Å². The summed E-state index contributed by atoms with van der Waals surface area (Å²) < 4.78 is 16.0. The topological polar surface area (TPSA) is 140 Å². The van der Waals surface area contributed by atoms with Gasteiger partial charge in [-0.15, -0.1) is 0 Å². The molecular formula is C19H14O9. The van der Waals surface area contributed by atoms with Crippen molar-refractivity contribution < 1.29 is 43.9 Å². The van der Waals surface area contributed by atoms with Gasteiger partial charge in [-0.05, 0) is 31.0 Å². The van der Waals surface area contributed by atoms with Crippen LogP contribution in [0.2, 0.25) is 0 Å². The summed E-state index contributed by atoms with van der Waals surface area (Å²) in [5, 5.41) is 30.1. The third kappa shape index (κ3) is 2.23. The van der Waals surface area contributed by atoms with Crippen LogP contribution in [-0.2, 0) is 11.3 Å². The van der Waals surface area contributed by atoms with E-state index in [1.807, 2.05) is 0 Å². The summed E-state index contributed by atoms with van der Waals surface area (Å²) >= 11 is 0. The van der Waals surface area contributed by atoms with Gasteiger partial charge >= 0.3 is 11.9 Å². The minimum absolute atomic E-state index is 0.0284. The maximum Gasteiger partial charge on any atom is 0.347 e. The molecule has 1 atom stereocenters. The number of cyclic esters (lactones) is 1. The van der Waals surface area contributed by atoms with Gasteiger partial charge in [-0.2, -0.15) is 0 Å². The summed E-state index contributed by atoms with van der Waals surface area (Å²) in [5.74, 6) is -2.86. The summed E-state index contributed by atoms with van der Waals surface area (Å²) in [6.45, 7) is 2.42. The summed E-state index contributed by atoms with van der Waals surface area (Å²) in [6.07, 6.45) is -1.38. The lowest BCUT2D eigenvalue weighted by Gasteiger charge is -2.17. The second-order valence-electron chi connectivity index (χ2n) is 6.41. The maximum atomic E-state index is 12.8. The predicted octanol–water partition coefficient (Wildman–Crippen LogP) is 1.80. The lowest BCUT2D eigenvalue weighted by Crippen LogP contribution is -2.12. The number of hydrogen-bond donors (Lipinski definition) is 3. The van der Waals surface area contributed by atoms with Gasteiger partial charge in [-0.3, -0.25) is 4.79 Å². The monoisotopic (exact) mass is 386 g/mol. The number of rotatable bonds is 2. The molecule has 0 amide bonds. The van der Waals surface area contributed by atoms with Crippen LogP contribution in [0.15, 0.2) is 6.07 Å². The molecule has 9 heteroatoms. The molecule has 144 valence electrons. The van der Waals surface area contributed by atoms with Crippen LogP contribution in [-0.4, -0.2) is 33.5 Å². The summed E-state index contributed by atoms with van der Waals surface area (Å²) in [7, 11) is 0. The van der Waals surface area contributed by atoms with Crippen LogP contribution in [0.25, 0.3) is 0 Å². The van der Waals surface area contributed by atoms with Gasteiger partial charge < -0.3 is 29.5 Å². The number of esters is 2. The number of ether oxygens (including phenoxy) is 3. The first-order valence-corrected chi connectivity index (χ1v) is 8.21. The number of aliphatic hydroxyl groups is 2. The first kappa shape index (κ1) is 18.0. The van der Waals surface area contributed by atoms with Gasteiger partial charge in [0.2, 0.25) is 6.29 Å². The Morgan fingerprint density at radius 2 is 1.79 bits per heavy atom. The van der Waals surface area contributed by atoms with Gasteiger partial charge in [0.1, 0.15) is 11.3 Å². The Morgan fingerprint density at radius 3 is 2.43 bits per heavy atom. The largest absolute Gasteiger partial charge is 0.507 e. The van der Waals surface area contributed by atoms with Crippen molar-refractivity contribution >= 4 is 18.2 Å². The highest BCUT2D eigenvalue weighted by atomic mass is 16.6. The molecule has 0 fully saturated rings. The molecule has 1 unspecified atom stereocenters. The minimum Gasteiger partial charge on any atom is -0.507 e. The van der Waals surface area contributed by atoms with E-state index in [0.29, 0.717) is 6.29 Å². The molecule has 0 radical (unpaired) electrons. The van der Waals surface area contributed by atoms with E-state index in [0.717, 1.165) is 0 Å². The molecule has 2 aliphatic rings. The Labute approximate surface area is 157 Å². The molecular weight excluding hydrogens is 372 g/mol. The number of phenols is 1. The molecule has 4 rings (SSSR count). The van der Waals surface area contributed by atoms with Crippen LogP contribution >= 0.6 is 0 Å². The highest BCUT2D eigenvalue weighted by Crippen LogP contribution is 2.51. The number of aryl methyl sites for hydroxylation is 1. The average Bonchev–Trinajstić information content (AvgIpc) is 2.83. The number of carbonyl (C=O) groups excluding carboxylic acids is 3. The molecule has 0 aliphatic carbocycles. The van der Waals surface area contributed by atoms with E-state index in [2.05, 4.69) is 0 Å². The third-order valence-corrected chi connectivity index (χ3v) is 4.87. The Morgan fingerprint density at radius 1 is 1.07 bits per heavy atom. The molecule has 2 aromatic carbocycles. The number of aromatic hydroxyl groups is 1. The summed E-state index contributed by atoms with van der Waals surface area (Å²) in [4.78, 5) is 36.4. The second kappa shape index (κ2) is 6.04. The first-order valence-electron chi connectivity index (χ1n) is 8.21. The van der Waals surface area contributed by atoms with Gasteiger partial charge in [0, 0.05) is 5.56 Å². The van der Waals surface area contributed by atoms with Crippen molar-refractivity contribution in [2.75, 3.05) is 0 Å². The van der Waals surface area contributed by atoms with Crippen molar-refractivity contribution in [3.8, 4) is 23.0 Å². The molecule has 2 heterocycles. The Kier molecular flexibility index (Phi) is 3.88. The van der Waals surface area contributed by atoms with Crippen LogP contribution in [0.3, 0.4) is 0 Å². The van der Waals surface area contributed by atoms with Crippen molar-refractivity contribution in [2.24, 2.45) is 0 Å². The van der Waals surface area contributed by atoms with Crippen molar-refractivity contribution in [2.45, 2.75) is 26.7 Å². The highest BCUT2D eigenvalue weighted by Gasteiger charge is 2.42. The van der Waals surface area contributed by atoms with Crippen LogP contribution in [0.4, 0.5) is 0 Å². The molecule has 0 saturated carbocycles. The lowest BCUT2D eigenvalue weighted by molar-refractivity contribution is -0.0555. The Hall–Kier alpha value is -3.43. The third-order valence-electron chi connectivity index (χ3n) is 4.87. The number of carbonyl (C=O) groups is 3. The Bertz CT molecular complexity index is 1080. The Balaban J connectivity index is 2.11. The molecule has 3 N–H and O–H groups in total. The zero-order valence-corrected chi connectivity index (χ0v) is 14.7. The number of benzene rings is 2. The minimum atomic E-state index is -1.69. The molecule has 0 saturated heterocycles. The van der Waals surface area contributed by atoms with Crippen molar-refractivity contribution in [1.29, 1.82) is 0 Å². The molecule has 2 aliphatic heterocycles. The van der Waals surface area contributed by atoms with E-state index in [1.165, 1.54) is 19.9 Å². The zero-order chi connectivity index (χ0) is 20.3. The number of aliphatic hydroxyl groups excluding tert-OH is 2. The smallest absolute Gasteiger partial charge is 0.347 e. The van der Waals surface area contributed by atoms with Crippen LogP contribution < -0.4 is 9.47 Å². The lowest BCUT2D eigenvalue weighted by atomic mass is 9.96. The molecule has 0 spiro atoms. The van der Waals surface area contributed by atoms with Gasteiger partial charge in [0.05, 0.1) is 23.3 Å². The van der Waals surface area contributed by atoms with Crippen LogP contribution in [0.1, 0.15) is 59.6 Å². The average molecular weight is 386 g/mol. The van der Waals surface area contributed by atoms with Gasteiger partial charge in [-0.1, -0.05) is 0 Å². The van der Waals surface area contributed by atoms with E-state index in [1.54, 1.807) is 0 Å². The quantitative estimate of drug-likeness (QED) is 0.400. The standard InChI is InChI=1S/C19H14O9/c1-6-3-10(22)9(5-21)14-11(6)17(23)27-15-8(4-20)7(2)12-13(16(15)26-14)19(25)28-18(12)24/h3,5,19-20,22,25H,4H2,1-2H3. The van der Waals surface area contributed by atoms with Gasteiger partial charge in [0.15, 0.2) is 23.5 Å². The van der Waals surface area contributed by atoms with Crippen molar-refractivity contribution in [1.82, 2.24) is 0 Å². The SMILES string of the molecule is Cc1cc(O)c(C=O)c2c1C(=O)Oc1c(CO)c(C)c3c(c1O2)C(O)OC3=O. The van der Waals surface area contributed by atoms with Crippen LogP contribution in [0.5, 0.6) is 23.0 Å². The predicted molar refractivity (Wildman–Crippen MR) is 90.7 cm³/mol. The molecule has 2 aromatic rings. The first-order chi connectivity index (χ1) is 13.3. The number of aldehydes is 1. The van der Waals surface area contributed by atoms with E-state index >= 15 is 0 Å². The fourth-order valence-corrected chi connectivity index (χ4v) is 3.52. The summed E-state index contributed by atoms with van der Waals surface area (Å²) in [6, 6.07) is 1.22. The molecule has 28 heavy (non-hydrogen) atoms. The number of phenolic OH excluding ortho intramolecular Hbond substituents is 1. The highest BCUT2D eigenvalue weighted by molar-refractivity contribution is 6.03.